The van der Waals surface area contributed by atoms with Gasteiger partial charge in [0.15, 0.2) is 5.69 Å². The van der Waals surface area contributed by atoms with Gasteiger partial charge in [0.25, 0.3) is 5.91 Å². The van der Waals surface area contributed by atoms with Crippen LogP contribution in [0.1, 0.15) is 23.8 Å². The molecule has 2 fully saturated rings. The zero-order chi connectivity index (χ0) is 11.1. The maximum Gasteiger partial charge on any atom is 0.275 e. The molecule has 2 aliphatic heterocycles. The molecule has 1 aromatic rings. The van der Waals surface area contributed by atoms with Crippen molar-refractivity contribution in [3.8, 4) is 0 Å². The van der Waals surface area contributed by atoms with Crippen LogP contribution in [0.15, 0.2) is 5.38 Å². The van der Waals surface area contributed by atoms with Crippen molar-refractivity contribution in [2.45, 2.75) is 25.6 Å². The van der Waals surface area contributed by atoms with E-state index in [0.29, 0.717) is 24.3 Å². The zero-order valence-electron chi connectivity index (χ0n) is 9.00. The van der Waals surface area contributed by atoms with E-state index in [2.05, 4.69) is 16.5 Å². The third kappa shape index (κ3) is 1.62. The quantitative estimate of drug-likeness (QED) is 0.727. The minimum absolute atomic E-state index is 0.0144. The molecular formula is C10H13N3O2S. The number of hydrogen-bond donors (Lipinski definition) is 0. The van der Waals surface area contributed by atoms with Gasteiger partial charge in [-0.25, -0.2) is 0 Å². The van der Waals surface area contributed by atoms with Gasteiger partial charge in [-0.05, 0) is 24.9 Å². The van der Waals surface area contributed by atoms with Gasteiger partial charge in [-0.3, -0.25) is 4.79 Å². The summed E-state index contributed by atoms with van der Waals surface area (Å²) in [6.07, 6.45) is 1.63. The highest BCUT2D eigenvalue weighted by Gasteiger charge is 2.42. The standard InChI is InChI=1S/C10H13N3O2S/c1-6-2-7-3-13(4-9(7)15-6)10(14)8-5-16-12-11-8/h5-7,9H,2-4H2,1H3/t6-,7+,9-/m0/s1. The van der Waals surface area contributed by atoms with E-state index >= 15 is 0 Å². The summed E-state index contributed by atoms with van der Waals surface area (Å²) in [5.74, 6) is 0.491. The fourth-order valence-electron chi connectivity index (χ4n) is 2.59. The maximum atomic E-state index is 12.0. The van der Waals surface area contributed by atoms with E-state index in [-0.39, 0.29) is 12.0 Å². The number of aromatic nitrogens is 2. The molecule has 3 atom stereocenters. The van der Waals surface area contributed by atoms with Crippen LogP contribution in [0.2, 0.25) is 0 Å². The van der Waals surface area contributed by atoms with Gasteiger partial charge >= 0.3 is 0 Å². The van der Waals surface area contributed by atoms with E-state index in [9.17, 15) is 4.79 Å². The number of rotatable bonds is 1. The lowest BCUT2D eigenvalue weighted by Gasteiger charge is -2.16. The Morgan fingerprint density at radius 2 is 2.50 bits per heavy atom. The van der Waals surface area contributed by atoms with Crippen LogP contribution in [0.5, 0.6) is 0 Å². The number of ether oxygens (including phenoxy) is 1. The molecule has 3 rings (SSSR count). The molecule has 0 aromatic carbocycles. The normalized spacial score (nSPS) is 33.1. The molecular weight excluding hydrogens is 226 g/mol. The van der Waals surface area contributed by atoms with Crippen molar-refractivity contribution in [2.24, 2.45) is 5.92 Å². The Morgan fingerprint density at radius 3 is 3.19 bits per heavy atom. The predicted molar refractivity (Wildman–Crippen MR) is 58.3 cm³/mol. The van der Waals surface area contributed by atoms with E-state index in [1.54, 1.807) is 5.38 Å². The first-order chi connectivity index (χ1) is 7.74. The van der Waals surface area contributed by atoms with Crippen LogP contribution in [0.3, 0.4) is 0 Å². The lowest BCUT2D eigenvalue weighted by Crippen LogP contribution is -2.31. The SMILES string of the molecule is C[C@H]1C[C@@H]2CN(C(=O)c3csnn3)C[C@@H]2O1. The monoisotopic (exact) mass is 239 g/mol. The van der Waals surface area contributed by atoms with Crippen molar-refractivity contribution in [1.29, 1.82) is 0 Å². The largest absolute Gasteiger partial charge is 0.373 e. The van der Waals surface area contributed by atoms with Gasteiger partial charge < -0.3 is 9.64 Å². The van der Waals surface area contributed by atoms with Gasteiger partial charge in [0.05, 0.1) is 12.2 Å². The van der Waals surface area contributed by atoms with E-state index < -0.39 is 0 Å². The average Bonchev–Trinajstić information content (AvgIpc) is 2.89. The van der Waals surface area contributed by atoms with E-state index in [1.807, 2.05) is 4.90 Å². The summed E-state index contributed by atoms with van der Waals surface area (Å²) in [7, 11) is 0. The van der Waals surface area contributed by atoms with Crippen LogP contribution >= 0.6 is 11.5 Å². The number of nitrogens with zero attached hydrogens (tertiary/aromatic N) is 3. The smallest absolute Gasteiger partial charge is 0.275 e. The second kappa shape index (κ2) is 3.78. The lowest BCUT2D eigenvalue weighted by atomic mass is 10.0. The van der Waals surface area contributed by atoms with Crippen molar-refractivity contribution < 1.29 is 9.53 Å². The molecule has 6 heteroatoms. The molecule has 0 saturated carbocycles. The number of hydrogen-bond acceptors (Lipinski definition) is 5. The summed E-state index contributed by atoms with van der Waals surface area (Å²) in [4.78, 5) is 13.8. The summed E-state index contributed by atoms with van der Waals surface area (Å²) in [5.41, 5.74) is 0.457. The summed E-state index contributed by atoms with van der Waals surface area (Å²) >= 11 is 1.21. The Kier molecular flexibility index (Phi) is 2.40. The van der Waals surface area contributed by atoms with Crippen LogP contribution in [-0.2, 0) is 4.74 Å². The van der Waals surface area contributed by atoms with Gasteiger partial charge in [-0.15, -0.1) is 5.10 Å². The Balaban J connectivity index is 1.69. The van der Waals surface area contributed by atoms with Crippen molar-refractivity contribution in [3.63, 3.8) is 0 Å². The summed E-state index contributed by atoms with van der Waals surface area (Å²) in [5, 5.41) is 5.50. The minimum atomic E-state index is -0.0144. The minimum Gasteiger partial charge on any atom is -0.373 e. The number of fused-ring (bicyclic) bond motifs is 1. The molecule has 0 bridgehead atoms. The molecule has 1 amide bonds. The van der Waals surface area contributed by atoms with Crippen molar-refractivity contribution in [2.75, 3.05) is 13.1 Å². The van der Waals surface area contributed by atoms with E-state index in [0.717, 1.165) is 13.0 Å². The Hall–Kier alpha value is -1.01. The molecule has 16 heavy (non-hydrogen) atoms. The Labute approximate surface area is 97.6 Å². The second-order valence-electron chi connectivity index (χ2n) is 4.48. The first-order valence-corrected chi connectivity index (χ1v) is 6.29. The molecule has 3 heterocycles. The highest BCUT2D eigenvalue weighted by atomic mass is 32.1. The molecule has 0 unspecified atom stereocenters. The van der Waals surface area contributed by atoms with Crippen LogP contribution in [0.4, 0.5) is 0 Å². The second-order valence-corrected chi connectivity index (χ2v) is 5.09. The Bertz CT molecular complexity index is 381. The fraction of sp³-hybridized carbons (Fsp3) is 0.700. The lowest BCUT2D eigenvalue weighted by molar-refractivity contribution is 0.0441. The van der Waals surface area contributed by atoms with Crippen molar-refractivity contribution >= 4 is 17.4 Å². The predicted octanol–water partition coefficient (Wildman–Crippen LogP) is 0.788. The number of carbonyl (C=O) groups is 1. The fourth-order valence-corrected chi connectivity index (χ4v) is 3.02. The van der Waals surface area contributed by atoms with Gasteiger partial charge in [0.1, 0.15) is 0 Å². The summed E-state index contributed by atoms with van der Waals surface area (Å²) < 4.78 is 9.47. The number of carbonyl (C=O) groups excluding carboxylic acids is 1. The summed E-state index contributed by atoms with van der Waals surface area (Å²) in [6.45, 7) is 3.59. The van der Waals surface area contributed by atoms with Crippen LogP contribution in [0, 0.1) is 5.92 Å². The number of likely N-dealkylation sites (tertiary alicyclic amines) is 1. The summed E-state index contributed by atoms with van der Waals surface area (Å²) in [6, 6.07) is 0. The molecule has 0 radical (unpaired) electrons. The van der Waals surface area contributed by atoms with Gasteiger partial charge in [0, 0.05) is 24.4 Å². The molecule has 1 aromatic heterocycles. The van der Waals surface area contributed by atoms with Gasteiger partial charge in [-0.1, -0.05) is 4.49 Å². The molecule has 86 valence electrons. The molecule has 0 aliphatic carbocycles. The first kappa shape index (κ1) is 10.2. The Morgan fingerprint density at radius 1 is 1.62 bits per heavy atom. The van der Waals surface area contributed by atoms with Crippen LogP contribution < -0.4 is 0 Å². The average molecular weight is 239 g/mol. The molecule has 2 aliphatic rings. The topological polar surface area (TPSA) is 55.3 Å². The van der Waals surface area contributed by atoms with Crippen LogP contribution in [-0.4, -0.2) is 45.7 Å². The molecule has 2 saturated heterocycles. The van der Waals surface area contributed by atoms with Crippen LogP contribution in [0.25, 0.3) is 0 Å². The van der Waals surface area contributed by atoms with Crippen molar-refractivity contribution in [3.05, 3.63) is 11.1 Å². The molecule has 5 nitrogen and oxygen atoms in total. The van der Waals surface area contributed by atoms with Gasteiger partial charge in [0.2, 0.25) is 0 Å². The first-order valence-electron chi connectivity index (χ1n) is 5.46. The van der Waals surface area contributed by atoms with Crippen molar-refractivity contribution in [1.82, 2.24) is 14.5 Å². The molecule has 0 N–H and O–H groups in total. The highest BCUT2D eigenvalue weighted by Crippen LogP contribution is 2.33. The third-order valence-corrected chi connectivity index (χ3v) is 3.79. The van der Waals surface area contributed by atoms with E-state index in [1.165, 1.54) is 11.5 Å². The highest BCUT2D eigenvalue weighted by molar-refractivity contribution is 7.03. The third-order valence-electron chi connectivity index (χ3n) is 3.29. The zero-order valence-corrected chi connectivity index (χ0v) is 9.81. The molecule has 0 spiro atoms. The maximum absolute atomic E-state index is 12.0. The number of amides is 1. The van der Waals surface area contributed by atoms with E-state index in [4.69, 9.17) is 4.74 Å². The van der Waals surface area contributed by atoms with Gasteiger partial charge in [-0.2, -0.15) is 0 Å².